The normalized spacial score (nSPS) is 10.4. The first kappa shape index (κ1) is 17.0. The Balaban J connectivity index is 2.20. The fourth-order valence-corrected chi connectivity index (χ4v) is 2.77. The molecular formula is C17H18N2O3S. The SMILES string of the molecule is CSc1ccc(C(=O)N(C)Cc2ccc(C)cc2)cc1[N+](=O)[O-]. The van der Waals surface area contributed by atoms with E-state index in [1.54, 1.807) is 30.3 Å². The zero-order valence-electron chi connectivity index (χ0n) is 13.3. The summed E-state index contributed by atoms with van der Waals surface area (Å²) in [5.41, 5.74) is 2.46. The van der Waals surface area contributed by atoms with E-state index in [1.165, 1.54) is 17.8 Å². The van der Waals surface area contributed by atoms with Gasteiger partial charge in [0.1, 0.15) is 0 Å². The van der Waals surface area contributed by atoms with Crippen molar-refractivity contribution in [2.75, 3.05) is 13.3 Å². The lowest BCUT2D eigenvalue weighted by atomic mass is 10.1. The minimum atomic E-state index is -0.456. The van der Waals surface area contributed by atoms with Crippen LogP contribution in [-0.2, 0) is 6.54 Å². The molecule has 0 fully saturated rings. The molecule has 0 aliphatic rings. The number of nitrogens with zero attached hydrogens (tertiary/aromatic N) is 2. The highest BCUT2D eigenvalue weighted by Crippen LogP contribution is 2.28. The summed E-state index contributed by atoms with van der Waals surface area (Å²) in [7, 11) is 1.69. The van der Waals surface area contributed by atoms with E-state index in [-0.39, 0.29) is 11.6 Å². The highest BCUT2D eigenvalue weighted by atomic mass is 32.2. The zero-order valence-corrected chi connectivity index (χ0v) is 14.1. The first-order chi connectivity index (χ1) is 10.9. The average molecular weight is 330 g/mol. The number of carbonyl (C=O) groups excluding carboxylic acids is 1. The van der Waals surface area contributed by atoms with E-state index in [0.717, 1.165) is 11.1 Å². The van der Waals surface area contributed by atoms with E-state index >= 15 is 0 Å². The van der Waals surface area contributed by atoms with Gasteiger partial charge in [0.05, 0.1) is 9.82 Å². The van der Waals surface area contributed by atoms with Crippen molar-refractivity contribution in [3.8, 4) is 0 Å². The smallest absolute Gasteiger partial charge is 0.283 e. The Bertz CT molecular complexity index is 729. The number of nitro benzene ring substituents is 1. The van der Waals surface area contributed by atoms with Gasteiger partial charge in [-0.1, -0.05) is 29.8 Å². The monoisotopic (exact) mass is 330 g/mol. The fraction of sp³-hybridized carbons (Fsp3) is 0.235. The molecule has 23 heavy (non-hydrogen) atoms. The van der Waals surface area contributed by atoms with Crippen molar-refractivity contribution in [3.05, 3.63) is 69.3 Å². The van der Waals surface area contributed by atoms with Gasteiger partial charge in [-0.2, -0.15) is 0 Å². The molecule has 120 valence electrons. The predicted molar refractivity (Wildman–Crippen MR) is 91.9 cm³/mol. The van der Waals surface area contributed by atoms with Crippen LogP contribution in [0.2, 0.25) is 0 Å². The second kappa shape index (κ2) is 7.28. The van der Waals surface area contributed by atoms with Gasteiger partial charge in [0, 0.05) is 25.2 Å². The Morgan fingerprint density at radius 2 is 1.87 bits per heavy atom. The van der Waals surface area contributed by atoms with Crippen LogP contribution in [0.15, 0.2) is 47.4 Å². The average Bonchev–Trinajstić information content (AvgIpc) is 2.55. The molecule has 5 nitrogen and oxygen atoms in total. The third-order valence-electron chi connectivity index (χ3n) is 3.51. The van der Waals surface area contributed by atoms with Crippen LogP contribution < -0.4 is 0 Å². The number of thioether (sulfide) groups is 1. The molecular weight excluding hydrogens is 312 g/mol. The lowest BCUT2D eigenvalue weighted by Gasteiger charge is -2.17. The maximum absolute atomic E-state index is 12.5. The van der Waals surface area contributed by atoms with Crippen molar-refractivity contribution in [2.24, 2.45) is 0 Å². The molecule has 0 unspecified atom stereocenters. The van der Waals surface area contributed by atoms with Crippen molar-refractivity contribution < 1.29 is 9.72 Å². The van der Waals surface area contributed by atoms with Gasteiger partial charge in [-0.05, 0) is 30.9 Å². The molecule has 2 rings (SSSR count). The first-order valence-corrected chi connectivity index (χ1v) is 8.28. The molecule has 0 saturated carbocycles. The summed E-state index contributed by atoms with van der Waals surface area (Å²) >= 11 is 1.29. The molecule has 0 aliphatic heterocycles. The number of hydrogen-bond acceptors (Lipinski definition) is 4. The van der Waals surface area contributed by atoms with Crippen molar-refractivity contribution in [3.63, 3.8) is 0 Å². The highest BCUT2D eigenvalue weighted by molar-refractivity contribution is 7.98. The molecule has 0 bridgehead atoms. The second-order valence-corrected chi connectivity index (χ2v) is 6.14. The number of benzene rings is 2. The minimum Gasteiger partial charge on any atom is -0.337 e. The molecule has 2 aromatic carbocycles. The van der Waals surface area contributed by atoms with Crippen molar-refractivity contribution in [1.82, 2.24) is 4.90 Å². The van der Waals surface area contributed by atoms with Gasteiger partial charge in [-0.15, -0.1) is 11.8 Å². The van der Waals surface area contributed by atoms with Crippen LogP contribution in [-0.4, -0.2) is 29.0 Å². The lowest BCUT2D eigenvalue weighted by Crippen LogP contribution is -2.26. The summed E-state index contributed by atoms with van der Waals surface area (Å²) in [4.78, 5) is 25.3. The molecule has 0 N–H and O–H groups in total. The molecule has 0 radical (unpaired) electrons. The van der Waals surface area contributed by atoms with Crippen LogP contribution in [0.5, 0.6) is 0 Å². The number of nitro groups is 1. The van der Waals surface area contributed by atoms with Crippen LogP contribution in [0.25, 0.3) is 0 Å². The maximum Gasteiger partial charge on any atom is 0.283 e. The first-order valence-electron chi connectivity index (χ1n) is 7.06. The Labute approximate surface area is 139 Å². The number of hydrogen-bond donors (Lipinski definition) is 0. The van der Waals surface area contributed by atoms with Crippen molar-refractivity contribution >= 4 is 23.4 Å². The van der Waals surface area contributed by atoms with Gasteiger partial charge in [0.15, 0.2) is 0 Å². The summed E-state index contributed by atoms with van der Waals surface area (Å²) < 4.78 is 0. The van der Waals surface area contributed by atoms with E-state index in [2.05, 4.69) is 0 Å². The van der Waals surface area contributed by atoms with Crippen molar-refractivity contribution in [2.45, 2.75) is 18.4 Å². The minimum absolute atomic E-state index is 0.0351. The largest absolute Gasteiger partial charge is 0.337 e. The molecule has 2 aromatic rings. The van der Waals surface area contributed by atoms with Gasteiger partial charge >= 0.3 is 0 Å². The van der Waals surface area contributed by atoms with Crippen LogP contribution in [0.3, 0.4) is 0 Å². The quantitative estimate of drug-likeness (QED) is 0.474. The van der Waals surface area contributed by atoms with Gasteiger partial charge in [0.2, 0.25) is 0 Å². The standard InChI is InChI=1S/C17H18N2O3S/c1-12-4-6-13(7-5-12)11-18(2)17(20)14-8-9-16(23-3)15(10-14)19(21)22/h4-10H,11H2,1-3H3. The number of amides is 1. The summed E-state index contributed by atoms with van der Waals surface area (Å²) in [6.45, 7) is 2.46. The van der Waals surface area contributed by atoms with Gasteiger partial charge in [-0.3, -0.25) is 14.9 Å². The summed E-state index contributed by atoms with van der Waals surface area (Å²) in [6, 6.07) is 12.5. The molecule has 6 heteroatoms. The molecule has 1 amide bonds. The molecule has 0 saturated heterocycles. The Hall–Kier alpha value is -2.34. The zero-order chi connectivity index (χ0) is 17.0. The number of carbonyl (C=O) groups is 1. The Morgan fingerprint density at radius 1 is 1.22 bits per heavy atom. The molecule has 0 aromatic heterocycles. The van der Waals surface area contributed by atoms with E-state index in [4.69, 9.17) is 0 Å². The molecule has 0 aliphatic carbocycles. The Kier molecular flexibility index (Phi) is 5.39. The molecule has 0 heterocycles. The van der Waals surface area contributed by atoms with Crippen LogP contribution >= 0.6 is 11.8 Å². The topological polar surface area (TPSA) is 63.5 Å². The predicted octanol–water partition coefficient (Wildman–Crippen LogP) is 3.90. The van der Waals surface area contributed by atoms with E-state index in [9.17, 15) is 14.9 Å². The van der Waals surface area contributed by atoms with Gasteiger partial charge in [-0.25, -0.2) is 0 Å². The Morgan fingerprint density at radius 3 is 2.43 bits per heavy atom. The van der Waals surface area contributed by atoms with Crippen LogP contribution in [0.1, 0.15) is 21.5 Å². The number of aryl methyl sites for hydroxylation is 1. The van der Waals surface area contributed by atoms with Crippen LogP contribution in [0, 0.1) is 17.0 Å². The molecule has 0 spiro atoms. The van der Waals surface area contributed by atoms with E-state index in [0.29, 0.717) is 17.0 Å². The van der Waals surface area contributed by atoms with Gasteiger partial charge < -0.3 is 4.90 Å². The lowest BCUT2D eigenvalue weighted by molar-refractivity contribution is -0.387. The summed E-state index contributed by atoms with van der Waals surface area (Å²) in [5.74, 6) is -0.235. The third kappa shape index (κ3) is 4.10. The maximum atomic E-state index is 12.5. The fourth-order valence-electron chi connectivity index (χ4n) is 2.23. The van der Waals surface area contributed by atoms with Gasteiger partial charge in [0.25, 0.3) is 11.6 Å². The van der Waals surface area contributed by atoms with Crippen LogP contribution in [0.4, 0.5) is 5.69 Å². The summed E-state index contributed by atoms with van der Waals surface area (Å²) in [6.07, 6.45) is 1.77. The number of rotatable bonds is 5. The summed E-state index contributed by atoms with van der Waals surface area (Å²) in [5, 5.41) is 11.1. The third-order valence-corrected chi connectivity index (χ3v) is 4.29. The van der Waals surface area contributed by atoms with E-state index in [1.807, 2.05) is 31.2 Å². The van der Waals surface area contributed by atoms with E-state index < -0.39 is 4.92 Å². The highest BCUT2D eigenvalue weighted by Gasteiger charge is 2.19. The van der Waals surface area contributed by atoms with Crippen molar-refractivity contribution in [1.29, 1.82) is 0 Å². The second-order valence-electron chi connectivity index (χ2n) is 5.29. The molecule has 0 atom stereocenters.